The quantitative estimate of drug-likeness (QED) is 0.479. The molecule has 8 nitrogen and oxygen atoms in total. The van der Waals surface area contributed by atoms with Crippen molar-refractivity contribution in [2.45, 2.75) is 13.3 Å². The lowest BCUT2D eigenvalue weighted by Crippen LogP contribution is -2.25. The van der Waals surface area contributed by atoms with E-state index >= 15 is 0 Å². The predicted octanol–water partition coefficient (Wildman–Crippen LogP) is 3.13. The minimum Gasteiger partial charge on any atom is -0.490 e. The Kier molecular flexibility index (Phi) is 5.50. The minimum absolute atomic E-state index is 0.0877. The Bertz CT molecular complexity index is 1190. The summed E-state index contributed by atoms with van der Waals surface area (Å²) in [7, 11) is 3.47. The Labute approximate surface area is 180 Å². The van der Waals surface area contributed by atoms with Gasteiger partial charge >= 0.3 is 0 Å². The van der Waals surface area contributed by atoms with Crippen molar-refractivity contribution >= 4 is 17.4 Å². The van der Waals surface area contributed by atoms with Crippen LogP contribution in [0.1, 0.15) is 23.6 Å². The van der Waals surface area contributed by atoms with Gasteiger partial charge in [0.25, 0.3) is 5.91 Å². The molecule has 1 aliphatic carbocycles. The fraction of sp³-hybridized carbons (Fsp3) is 0.261. The first-order chi connectivity index (χ1) is 15.0. The molecule has 0 aliphatic heterocycles. The lowest BCUT2D eigenvalue weighted by Gasteiger charge is -2.14. The number of hydrogen-bond acceptors (Lipinski definition) is 6. The van der Waals surface area contributed by atoms with E-state index < -0.39 is 0 Å². The van der Waals surface area contributed by atoms with Crippen molar-refractivity contribution < 1.29 is 14.3 Å². The molecule has 2 N–H and O–H groups in total. The van der Waals surface area contributed by atoms with Gasteiger partial charge in [0, 0.05) is 37.3 Å². The van der Waals surface area contributed by atoms with Crippen molar-refractivity contribution in [1.82, 2.24) is 15.1 Å². The van der Waals surface area contributed by atoms with Crippen LogP contribution in [-0.4, -0.2) is 35.9 Å². The van der Waals surface area contributed by atoms with Crippen LogP contribution in [0.5, 0.6) is 11.5 Å². The van der Waals surface area contributed by atoms with Crippen LogP contribution < -0.4 is 20.1 Å². The van der Waals surface area contributed by atoms with Crippen LogP contribution in [-0.2, 0) is 18.3 Å². The molecule has 1 aromatic heterocycles. The van der Waals surface area contributed by atoms with Gasteiger partial charge in [-0.3, -0.25) is 9.48 Å². The van der Waals surface area contributed by atoms with Crippen molar-refractivity contribution in [3.63, 3.8) is 0 Å². The molecule has 0 saturated heterocycles. The maximum atomic E-state index is 11.6. The summed E-state index contributed by atoms with van der Waals surface area (Å²) in [6.45, 7) is 2.31. The van der Waals surface area contributed by atoms with Gasteiger partial charge in [-0.25, -0.2) is 0 Å². The lowest BCUT2D eigenvalue weighted by atomic mass is 10.1. The molecule has 3 aromatic rings. The first-order valence-electron chi connectivity index (χ1n) is 10.0. The summed E-state index contributed by atoms with van der Waals surface area (Å²) in [6, 6.07) is 13.3. The summed E-state index contributed by atoms with van der Waals surface area (Å²) in [5.41, 5.74) is 5.54. The molecule has 0 atom stereocenters. The van der Waals surface area contributed by atoms with Gasteiger partial charge in [-0.2, -0.15) is 10.4 Å². The van der Waals surface area contributed by atoms with E-state index in [1.165, 1.54) is 0 Å². The first-order valence-corrected chi connectivity index (χ1v) is 10.0. The third-order valence-electron chi connectivity index (χ3n) is 5.13. The van der Waals surface area contributed by atoms with E-state index in [9.17, 15) is 4.79 Å². The molecule has 8 heteroatoms. The molecule has 1 amide bonds. The SMILES string of the molecule is CCOc1cc2c(cc1OCC(=O)NC)-c1c(c(Nc3cccc(C#N)c3)nn1C)C2. The topological polar surface area (TPSA) is 101 Å². The number of nitrogens with zero attached hydrogens (tertiary/aromatic N) is 3. The normalized spacial score (nSPS) is 11.3. The number of rotatable bonds is 7. The molecule has 1 heterocycles. The molecular weight excluding hydrogens is 394 g/mol. The Morgan fingerprint density at radius 2 is 2.06 bits per heavy atom. The van der Waals surface area contributed by atoms with Gasteiger partial charge in [0.05, 0.1) is 23.9 Å². The fourth-order valence-corrected chi connectivity index (χ4v) is 3.73. The number of likely N-dealkylation sites (N-methyl/N-ethyl adjacent to an activating group) is 1. The Morgan fingerprint density at radius 3 is 2.81 bits per heavy atom. The second-order valence-electron chi connectivity index (χ2n) is 7.14. The third-order valence-corrected chi connectivity index (χ3v) is 5.13. The smallest absolute Gasteiger partial charge is 0.257 e. The predicted molar refractivity (Wildman–Crippen MR) is 117 cm³/mol. The number of aryl methyl sites for hydroxylation is 1. The van der Waals surface area contributed by atoms with Crippen molar-refractivity contribution in [3.05, 3.63) is 53.1 Å². The summed E-state index contributed by atoms with van der Waals surface area (Å²) >= 11 is 0. The van der Waals surface area contributed by atoms with E-state index in [1.807, 2.05) is 42.9 Å². The molecule has 0 fully saturated rings. The van der Waals surface area contributed by atoms with Gasteiger partial charge in [0.2, 0.25) is 0 Å². The van der Waals surface area contributed by atoms with Crippen LogP contribution in [0.4, 0.5) is 11.5 Å². The van der Waals surface area contributed by atoms with Crippen LogP contribution in [0, 0.1) is 11.3 Å². The van der Waals surface area contributed by atoms with Gasteiger partial charge in [-0.05, 0) is 42.8 Å². The number of nitriles is 1. The number of benzene rings is 2. The van der Waals surface area contributed by atoms with Crippen LogP contribution in [0.2, 0.25) is 0 Å². The van der Waals surface area contributed by atoms with E-state index in [2.05, 4.69) is 21.8 Å². The van der Waals surface area contributed by atoms with Crippen LogP contribution in [0.3, 0.4) is 0 Å². The van der Waals surface area contributed by atoms with Crippen LogP contribution in [0.15, 0.2) is 36.4 Å². The van der Waals surface area contributed by atoms with Gasteiger partial charge < -0.3 is 20.1 Å². The van der Waals surface area contributed by atoms with E-state index in [-0.39, 0.29) is 12.5 Å². The van der Waals surface area contributed by atoms with Crippen LogP contribution >= 0.6 is 0 Å². The molecule has 0 spiro atoms. The Morgan fingerprint density at radius 1 is 1.26 bits per heavy atom. The molecular formula is C23H23N5O3. The number of carbonyl (C=O) groups excluding carboxylic acids is 1. The number of carbonyl (C=O) groups is 1. The second-order valence-corrected chi connectivity index (χ2v) is 7.14. The first kappa shape index (κ1) is 20.3. The molecule has 4 rings (SSSR count). The summed E-state index contributed by atoms with van der Waals surface area (Å²) < 4.78 is 13.3. The van der Waals surface area contributed by atoms with E-state index in [4.69, 9.17) is 14.7 Å². The molecule has 0 unspecified atom stereocenters. The highest BCUT2D eigenvalue weighted by molar-refractivity contribution is 5.82. The Balaban J connectivity index is 1.69. The number of amides is 1. The van der Waals surface area contributed by atoms with Gasteiger partial charge in [0.15, 0.2) is 23.9 Å². The van der Waals surface area contributed by atoms with Crippen molar-refractivity contribution in [2.75, 3.05) is 25.6 Å². The highest BCUT2D eigenvalue weighted by Gasteiger charge is 2.29. The Hall–Kier alpha value is -3.99. The van der Waals surface area contributed by atoms with E-state index in [0.717, 1.165) is 33.9 Å². The number of aromatic nitrogens is 2. The maximum Gasteiger partial charge on any atom is 0.257 e. The fourth-order valence-electron chi connectivity index (χ4n) is 3.73. The largest absolute Gasteiger partial charge is 0.490 e. The van der Waals surface area contributed by atoms with Crippen LogP contribution in [0.25, 0.3) is 11.3 Å². The van der Waals surface area contributed by atoms with E-state index in [1.54, 1.807) is 19.2 Å². The number of nitrogens with one attached hydrogen (secondary N) is 2. The molecule has 158 valence electrons. The molecule has 0 bridgehead atoms. The molecule has 2 aromatic carbocycles. The summed E-state index contributed by atoms with van der Waals surface area (Å²) in [5, 5.41) is 19.7. The monoisotopic (exact) mass is 417 g/mol. The van der Waals surface area contributed by atoms with Gasteiger partial charge in [0.1, 0.15) is 0 Å². The number of fused-ring (bicyclic) bond motifs is 3. The number of hydrogen-bond donors (Lipinski definition) is 2. The number of anilines is 2. The molecule has 31 heavy (non-hydrogen) atoms. The van der Waals surface area contributed by atoms with Gasteiger partial charge in [-0.1, -0.05) is 6.07 Å². The maximum absolute atomic E-state index is 11.6. The average Bonchev–Trinajstić information content (AvgIpc) is 3.29. The zero-order valence-corrected chi connectivity index (χ0v) is 17.7. The summed E-state index contributed by atoms with van der Waals surface area (Å²) in [6.07, 6.45) is 0.689. The standard InChI is InChI=1S/C23H23N5O3/c1-4-30-19-10-15-9-18-22(17(15)11-20(19)31-13-21(29)25-2)28(3)27-23(18)26-16-7-5-6-14(8-16)12-24/h5-8,10-11H,4,9,13H2,1-3H3,(H,25,29)(H,26,27). The average molecular weight is 417 g/mol. The van der Waals surface area contributed by atoms with Crippen molar-refractivity contribution in [3.8, 4) is 28.8 Å². The number of ether oxygens (including phenoxy) is 2. The molecule has 0 radical (unpaired) electrons. The third kappa shape index (κ3) is 3.90. The zero-order chi connectivity index (χ0) is 22.0. The minimum atomic E-state index is -0.213. The lowest BCUT2D eigenvalue weighted by molar-refractivity contribution is -0.122. The summed E-state index contributed by atoms with van der Waals surface area (Å²) in [4.78, 5) is 11.6. The van der Waals surface area contributed by atoms with Crippen molar-refractivity contribution in [2.24, 2.45) is 7.05 Å². The van der Waals surface area contributed by atoms with E-state index in [0.29, 0.717) is 30.1 Å². The zero-order valence-electron chi connectivity index (χ0n) is 17.7. The molecule has 1 aliphatic rings. The highest BCUT2D eigenvalue weighted by Crippen LogP contribution is 2.45. The van der Waals surface area contributed by atoms with Gasteiger partial charge in [-0.15, -0.1) is 0 Å². The highest BCUT2D eigenvalue weighted by atomic mass is 16.5. The van der Waals surface area contributed by atoms with Crippen molar-refractivity contribution in [1.29, 1.82) is 5.26 Å². The summed E-state index contributed by atoms with van der Waals surface area (Å²) in [5.74, 6) is 1.67. The second kappa shape index (κ2) is 8.40. The molecule has 0 saturated carbocycles.